The van der Waals surface area contributed by atoms with Crippen LogP contribution in [-0.4, -0.2) is 51.9 Å². The molecule has 1 atom stereocenters. The molecule has 0 aromatic heterocycles. The van der Waals surface area contributed by atoms with E-state index in [-0.39, 0.29) is 27.9 Å². The predicted octanol–water partition coefficient (Wildman–Crippen LogP) is 4.36. The Kier molecular flexibility index (Phi) is 9.42. The Morgan fingerprint density at radius 2 is 1.59 bits per heavy atom. The number of methoxy groups -OCH3 is 1. The van der Waals surface area contributed by atoms with Gasteiger partial charge < -0.3 is 15.0 Å². The van der Waals surface area contributed by atoms with E-state index in [1.165, 1.54) is 43.3 Å². The van der Waals surface area contributed by atoms with Crippen LogP contribution in [-0.2, 0) is 26.2 Å². The van der Waals surface area contributed by atoms with Crippen molar-refractivity contribution < 1.29 is 22.7 Å². The standard InChI is InChI=1S/C26H27Cl2N3O5S/c1-18(26(33)29-2)30(16-19-9-11-20(27)12-10-19)25(32)17-31(23-15-21(28)13-14-24(23)36-3)37(34,35)22-7-5-4-6-8-22/h4-15,18H,16-17H2,1-3H3,(H,29,33). The fraction of sp³-hybridized carbons (Fsp3) is 0.231. The smallest absolute Gasteiger partial charge is 0.264 e. The number of benzene rings is 3. The van der Waals surface area contributed by atoms with Crippen molar-refractivity contribution in [3.05, 3.63) is 88.4 Å². The number of halogens is 2. The van der Waals surface area contributed by atoms with E-state index in [1.54, 1.807) is 55.5 Å². The summed E-state index contributed by atoms with van der Waals surface area (Å²) in [6.45, 7) is 1.02. The quantitative estimate of drug-likeness (QED) is 0.395. The van der Waals surface area contributed by atoms with Gasteiger partial charge in [-0.2, -0.15) is 0 Å². The third kappa shape index (κ3) is 6.74. The lowest BCUT2D eigenvalue weighted by Gasteiger charge is -2.32. The number of hydrogen-bond donors (Lipinski definition) is 1. The number of nitrogens with one attached hydrogen (secondary N) is 1. The Balaban J connectivity index is 2.09. The number of carbonyl (C=O) groups is 2. The average molecular weight is 564 g/mol. The zero-order chi connectivity index (χ0) is 27.2. The molecule has 0 saturated heterocycles. The minimum absolute atomic E-state index is 0.0200. The van der Waals surface area contributed by atoms with E-state index in [4.69, 9.17) is 27.9 Å². The fourth-order valence-corrected chi connectivity index (χ4v) is 5.40. The van der Waals surface area contributed by atoms with Crippen LogP contribution in [0.25, 0.3) is 0 Å². The first-order chi connectivity index (χ1) is 17.6. The first kappa shape index (κ1) is 28.3. The molecule has 196 valence electrons. The largest absolute Gasteiger partial charge is 0.495 e. The van der Waals surface area contributed by atoms with Gasteiger partial charge in [-0.1, -0.05) is 53.5 Å². The van der Waals surface area contributed by atoms with Crippen molar-refractivity contribution in [2.24, 2.45) is 0 Å². The number of likely N-dealkylation sites (N-methyl/N-ethyl adjacent to an activating group) is 1. The highest BCUT2D eigenvalue weighted by Crippen LogP contribution is 2.35. The molecule has 0 radical (unpaired) electrons. The fourth-order valence-electron chi connectivity index (χ4n) is 3.67. The molecule has 1 unspecified atom stereocenters. The number of ether oxygens (including phenoxy) is 1. The predicted molar refractivity (Wildman–Crippen MR) is 145 cm³/mol. The van der Waals surface area contributed by atoms with Crippen molar-refractivity contribution >= 4 is 50.7 Å². The van der Waals surface area contributed by atoms with E-state index in [9.17, 15) is 18.0 Å². The zero-order valence-corrected chi connectivity index (χ0v) is 22.8. The first-order valence-corrected chi connectivity index (χ1v) is 13.4. The molecule has 1 N–H and O–H groups in total. The van der Waals surface area contributed by atoms with Crippen LogP contribution in [0.1, 0.15) is 12.5 Å². The van der Waals surface area contributed by atoms with E-state index < -0.39 is 34.4 Å². The van der Waals surface area contributed by atoms with E-state index in [1.807, 2.05) is 0 Å². The second-order valence-corrected chi connectivity index (χ2v) is 10.8. The molecule has 0 saturated carbocycles. The number of rotatable bonds is 10. The van der Waals surface area contributed by atoms with Crippen LogP contribution >= 0.6 is 23.2 Å². The Bertz CT molecular complexity index is 1350. The molecule has 3 aromatic rings. The summed E-state index contributed by atoms with van der Waals surface area (Å²) in [4.78, 5) is 27.6. The van der Waals surface area contributed by atoms with Gasteiger partial charge in [-0.05, 0) is 55.0 Å². The molecular weight excluding hydrogens is 537 g/mol. The second-order valence-electron chi connectivity index (χ2n) is 8.08. The topological polar surface area (TPSA) is 96.0 Å². The summed E-state index contributed by atoms with van der Waals surface area (Å²) in [5.41, 5.74) is 0.803. The number of nitrogens with zero attached hydrogens (tertiary/aromatic N) is 2. The summed E-state index contributed by atoms with van der Waals surface area (Å²) < 4.78 is 33.9. The molecule has 3 rings (SSSR count). The number of anilines is 1. The molecule has 0 heterocycles. The van der Waals surface area contributed by atoms with Crippen LogP contribution in [0.15, 0.2) is 77.7 Å². The Morgan fingerprint density at radius 1 is 0.973 bits per heavy atom. The monoisotopic (exact) mass is 563 g/mol. The Labute approximate surface area is 226 Å². The number of amides is 2. The molecule has 0 aliphatic rings. The molecule has 0 aliphatic heterocycles. The van der Waals surface area contributed by atoms with Crippen LogP contribution in [0.4, 0.5) is 5.69 Å². The van der Waals surface area contributed by atoms with E-state index in [0.717, 1.165) is 4.31 Å². The number of hydrogen-bond acceptors (Lipinski definition) is 5. The minimum atomic E-state index is -4.23. The lowest BCUT2D eigenvalue weighted by atomic mass is 10.1. The van der Waals surface area contributed by atoms with E-state index in [0.29, 0.717) is 10.6 Å². The molecule has 8 nitrogen and oxygen atoms in total. The van der Waals surface area contributed by atoms with Gasteiger partial charge in [0.05, 0.1) is 17.7 Å². The Morgan fingerprint density at radius 3 is 2.19 bits per heavy atom. The third-order valence-corrected chi connectivity index (χ3v) is 7.96. The summed E-state index contributed by atoms with van der Waals surface area (Å²) >= 11 is 12.2. The van der Waals surface area contributed by atoms with Crippen molar-refractivity contribution in [2.45, 2.75) is 24.4 Å². The highest BCUT2D eigenvalue weighted by Gasteiger charge is 2.33. The molecule has 11 heteroatoms. The van der Waals surface area contributed by atoms with Crippen molar-refractivity contribution in [3.8, 4) is 5.75 Å². The van der Waals surface area contributed by atoms with Gasteiger partial charge in [-0.25, -0.2) is 8.42 Å². The number of carbonyl (C=O) groups excluding carboxylic acids is 2. The number of sulfonamides is 1. The maximum Gasteiger partial charge on any atom is 0.264 e. The average Bonchev–Trinajstić information content (AvgIpc) is 2.90. The van der Waals surface area contributed by atoms with Gasteiger partial charge in [-0.15, -0.1) is 0 Å². The van der Waals surface area contributed by atoms with Gasteiger partial charge in [-0.3, -0.25) is 13.9 Å². The summed E-state index contributed by atoms with van der Waals surface area (Å²) in [5, 5.41) is 3.32. The molecule has 37 heavy (non-hydrogen) atoms. The SMILES string of the molecule is CNC(=O)C(C)N(Cc1ccc(Cl)cc1)C(=O)CN(c1cc(Cl)ccc1OC)S(=O)(=O)c1ccccc1. The second kappa shape index (κ2) is 12.3. The third-order valence-electron chi connectivity index (χ3n) is 5.70. The first-order valence-electron chi connectivity index (χ1n) is 11.2. The molecule has 0 aliphatic carbocycles. The maximum atomic E-state index is 13.8. The highest BCUT2D eigenvalue weighted by molar-refractivity contribution is 7.92. The molecule has 0 fully saturated rings. The Hall–Kier alpha value is -3.27. The molecule has 3 aromatic carbocycles. The summed E-state index contributed by atoms with van der Waals surface area (Å²) in [5.74, 6) is -0.798. The van der Waals surface area contributed by atoms with Crippen molar-refractivity contribution in [3.63, 3.8) is 0 Å². The van der Waals surface area contributed by atoms with Crippen molar-refractivity contribution in [2.75, 3.05) is 25.0 Å². The van der Waals surface area contributed by atoms with Crippen LogP contribution in [0.5, 0.6) is 5.75 Å². The molecule has 0 bridgehead atoms. The molecule has 0 spiro atoms. The van der Waals surface area contributed by atoms with Gasteiger partial charge in [0.15, 0.2) is 0 Å². The lowest BCUT2D eigenvalue weighted by Crippen LogP contribution is -2.50. The van der Waals surface area contributed by atoms with Gasteiger partial charge in [0.1, 0.15) is 18.3 Å². The van der Waals surface area contributed by atoms with Crippen LogP contribution in [0, 0.1) is 0 Å². The summed E-state index contributed by atoms with van der Waals surface area (Å²) in [6, 6.07) is 18.1. The minimum Gasteiger partial charge on any atom is -0.495 e. The zero-order valence-electron chi connectivity index (χ0n) is 20.5. The van der Waals surface area contributed by atoms with Crippen molar-refractivity contribution in [1.29, 1.82) is 0 Å². The van der Waals surface area contributed by atoms with Crippen molar-refractivity contribution in [1.82, 2.24) is 10.2 Å². The van der Waals surface area contributed by atoms with E-state index in [2.05, 4.69) is 5.32 Å². The van der Waals surface area contributed by atoms with Gasteiger partial charge >= 0.3 is 0 Å². The van der Waals surface area contributed by atoms with Crippen LogP contribution < -0.4 is 14.4 Å². The molecular formula is C26H27Cl2N3O5S. The van der Waals surface area contributed by atoms with Crippen LogP contribution in [0.2, 0.25) is 10.0 Å². The van der Waals surface area contributed by atoms with Gasteiger partial charge in [0.2, 0.25) is 11.8 Å². The maximum absolute atomic E-state index is 13.8. The van der Waals surface area contributed by atoms with Gasteiger partial charge in [0.25, 0.3) is 10.0 Å². The van der Waals surface area contributed by atoms with E-state index >= 15 is 0 Å². The highest BCUT2D eigenvalue weighted by atomic mass is 35.5. The normalized spacial score (nSPS) is 11.9. The summed E-state index contributed by atoms with van der Waals surface area (Å²) in [6.07, 6.45) is 0. The summed E-state index contributed by atoms with van der Waals surface area (Å²) in [7, 11) is -1.38. The van der Waals surface area contributed by atoms with Gasteiger partial charge in [0, 0.05) is 23.6 Å². The molecule has 2 amide bonds. The lowest BCUT2D eigenvalue weighted by molar-refractivity contribution is -0.139. The van der Waals surface area contributed by atoms with Crippen LogP contribution in [0.3, 0.4) is 0 Å².